The Kier molecular flexibility index (Phi) is 5.33. The predicted molar refractivity (Wildman–Crippen MR) is 72.0 cm³/mol. The Labute approximate surface area is 99.7 Å². The lowest BCUT2D eigenvalue weighted by atomic mass is 10.2. The average Bonchev–Trinajstić information content (AvgIpc) is 2.16. The molecule has 0 unspecified atom stereocenters. The van der Waals surface area contributed by atoms with E-state index >= 15 is 0 Å². The van der Waals surface area contributed by atoms with Gasteiger partial charge in [-0.2, -0.15) is 0 Å². The lowest BCUT2D eigenvalue weighted by Crippen LogP contribution is -2.28. The van der Waals surface area contributed by atoms with Gasteiger partial charge in [0, 0.05) is 25.3 Å². The number of anilines is 1. The van der Waals surface area contributed by atoms with Crippen LogP contribution >= 0.6 is 0 Å². The Bertz CT molecular complexity index is 307. The fraction of sp³-hybridized carbons (Fsp3) is 0.571. The number of rotatable bonds is 6. The number of benzene rings is 1. The van der Waals surface area contributed by atoms with E-state index in [-0.39, 0.29) is 0 Å². The third kappa shape index (κ3) is 5.17. The van der Waals surface area contributed by atoms with Gasteiger partial charge >= 0.3 is 0 Å². The van der Waals surface area contributed by atoms with E-state index in [0.717, 1.165) is 25.6 Å². The zero-order valence-electron chi connectivity index (χ0n) is 11.0. The minimum absolute atomic E-state index is 0.740. The molecular weight excluding hydrogens is 196 g/mol. The highest BCUT2D eigenvalue weighted by Crippen LogP contribution is 2.08. The van der Waals surface area contributed by atoms with E-state index in [2.05, 4.69) is 62.3 Å². The highest BCUT2D eigenvalue weighted by Gasteiger charge is 2.00. The van der Waals surface area contributed by atoms with Gasteiger partial charge < -0.3 is 10.2 Å². The van der Waals surface area contributed by atoms with Gasteiger partial charge in [0.25, 0.3) is 0 Å². The van der Waals surface area contributed by atoms with Gasteiger partial charge in [-0.05, 0) is 37.6 Å². The van der Waals surface area contributed by atoms with Gasteiger partial charge in [0.05, 0.1) is 0 Å². The Balaban J connectivity index is 2.25. The van der Waals surface area contributed by atoms with Gasteiger partial charge in [0.1, 0.15) is 0 Å². The zero-order chi connectivity index (χ0) is 12.0. The van der Waals surface area contributed by atoms with Gasteiger partial charge in [0.2, 0.25) is 0 Å². The lowest BCUT2D eigenvalue weighted by Gasteiger charge is -2.19. The third-order valence-corrected chi connectivity index (χ3v) is 2.52. The molecule has 0 amide bonds. The van der Waals surface area contributed by atoms with Gasteiger partial charge in [-0.15, -0.1) is 0 Å². The number of nitrogens with one attached hydrogen (secondary N) is 1. The van der Waals surface area contributed by atoms with Crippen molar-refractivity contribution in [2.45, 2.75) is 20.8 Å². The monoisotopic (exact) mass is 220 g/mol. The molecule has 0 saturated heterocycles. The molecule has 1 N–H and O–H groups in total. The maximum absolute atomic E-state index is 3.45. The molecule has 16 heavy (non-hydrogen) atoms. The summed E-state index contributed by atoms with van der Waals surface area (Å²) in [5, 5.41) is 3.45. The van der Waals surface area contributed by atoms with Gasteiger partial charge in [-0.3, -0.25) is 0 Å². The van der Waals surface area contributed by atoms with Crippen molar-refractivity contribution in [1.29, 1.82) is 0 Å². The smallest absolute Gasteiger partial charge is 0.0343 e. The second kappa shape index (κ2) is 6.54. The van der Waals surface area contributed by atoms with Gasteiger partial charge in [-0.1, -0.05) is 26.0 Å². The van der Waals surface area contributed by atoms with Crippen molar-refractivity contribution in [3.63, 3.8) is 0 Å². The molecule has 1 rings (SSSR count). The molecule has 2 nitrogen and oxygen atoms in total. The van der Waals surface area contributed by atoms with Crippen LogP contribution in [0.1, 0.15) is 19.4 Å². The van der Waals surface area contributed by atoms with Crippen LogP contribution in [0.25, 0.3) is 0 Å². The van der Waals surface area contributed by atoms with Crippen LogP contribution in [0.4, 0.5) is 5.69 Å². The third-order valence-electron chi connectivity index (χ3n) is 2.52. The molecule has 0 aliphatic rings. The van der Waals surface area contributed by atoms with E-state index in [1.807, 2.05) is 0 Å². The number of hydrogen-bond acceptors (Lipinski definition) is 2. The fourth-order valence-corrected chi connectivity index (χ4v) is 1.86. The number of likely N-dealkylation sites (N-methyl/N-ethyl adjacent to an activating group) is 1. The maximum Gasteiger partial charge on any atom is 0.0343 e. The fourth-order valence-electron chi connectivity index (χ4n) is 1.86. The van der Waals surface area contributed by atoms with E-state index in [0.29, 0.717) is 0 Å². The Morgan fingerprint density at radius 1 is 1.31 bits per heavy atom. The van der Waals surface area contributed by atoms with Crippen LogP contribution in [0.5, 0.6) is 0 Å². The van der Waals surface area contributed by atoms with Crippen molar-refractivity contribution < 1.29 is 0 Å². The summed E-state index contributed by atoms with van der Waals surface area (Å²) in [6.07, 6.45) is 0. The van der Waals surface area contributed by atoms with Crippen LogP contribution in [-0.4, -0.2) is 31.6 Å². The average molecular weight is 220 g/mol. The molecule has 2 heteroatoms. The van der Waals surface area contributed by atoms with Crippen LogP contribution in [0, 0.1) is 12.8 Å². The van der Waals surface area contributed by atoms with Crippen molar-refractivity contribution in [3.05, 3.63) is 29.8 Å². The summed E-state index contributed by atoms with van der Waals surface area (Å²) in [7, 11) is 2.18. The second-order valence-corrected chi connectivity index (χ2v) is 4.95. The normalized spacial score (nSPS) is 11.1. The highest BCUT2D eigenvalue weighted by atomic mass is 15.1. The van der Waals surface area contributed by atoms with E-state index < -0.39 is 0 Å². The predicted octanol–water partition coefficient (Wildman–Crippen LogP) is 2.99. The molecule has 0 aliphatic heterocycles. The first kappa shape index (κ1) is 13.0. The van der Waals surface area contributed by atoms with Crippen molar-refractivity contribution in [1.82, 2.24) is 4.90 Å². The number of nitrogens with zero attached hydrogens (tertiary/aromatic N) is 1. The molecule has 1 aromatic carbocycles. The quantitative estimate of drug-likeness (QED) is 0.793. The van der Waals surface area contributed by atoms with Crippen molar-refractivity contribution in [2.24, 2.45) is 5.92 Å². The van der Waals surface area contributed by atoms with Gasteiger partial charge in [-0.25, -0.2) is 0 Å². The van der Waals surface area contributed by atoms with Gasteiger partial charge in [0.15, 0.2) is 0 Å². The summed E-state index contributed by atoms with van der Waals surface area (Å²) in [6.45, 7) is 9.89. The van der Waals surface area contributed by atoms with Crippen LogP contribution in [-0.2, 0) is 0 Å². The molecule has 0 fully saturated rings. The summed E-state index contributed by atoms with van der Waals surface area (Å²) in [5.74, 6) is 0.740. The highest BCUT2D eigenvalue weighted by molar-refractivity contribution is 5.45. The first-order valence-corrected chi connectivity index (χ1v) is 6.07. The molecule has 0 radical (unpaired) electrons. The topological polar surface area (TPSA) is 15.3 Å². The number of aryl methyl sites for hydroxylation is 1. The van der Waals surface area contributed by atoms with Crippen LogP contribution < -0.4 is 5.32 Å². The molecule has 0 bridgehead atoms. The SMILES string of the molecule is Cc1cccc(NCCN(C)CC(C)C)c1. The summed E-state index contributed by atoms with van der Waals surface area (Å²) in [4.78, 5) is 2.37. The van der Waals surface area contributed by atoms with E-state index in [9.17, 15) is 0 Å². The molecular formula is C14H24N2. The molecule has 0 atom stereocenters. The van der Waals surface area contributed by atoms with E-state index in [4.69, 9.17) is 0 Å². The second-order valence-electron chi connectivity index (χ2n) is 4.95. The summed E-state index contributed by atoms with van der Waals surface area (Å²) < 4.78 is 0. The van der Waals surface area contributed by atoms with Crippen LogP contribution in [0.2, 0.25) is 0 Å². The molecule has 0 aromatic heterocycles. The minimum atomic E-state index is 0.740. The van der Waals surface area contributed by atoms with E-state index in [1.54, 1.807) is 0 Å². The van der Waals surface area contributed by atoms with Crippen molar-refractivity contribution in [2.75, 3.05) is 32.0 Å². The van der Waals surface area contributed by atoms with Crippen LogP contribution in [0.15, 0.2) is 24.3 Å². The van der Waals surface area contributed by atoms with Crippen LogP contribution in [0.3, 0.4) is 0 Å². The number of hydrogen-bond donors (Lipinski definition) is 1. The first-order valence-electron chi connectivity index (χ1n) is 6.07. The molecule has 0 saturated carbocycles. The standard InChI is InChI=1S/C14H24N2/c1-12(2)11-16(4)9-8-15-14-7-5-6-13(3)10-14/h5-7,10,12,15H,8-9,11H2,1-4H3. The Hall–Kier alpha value is -1.02. The summed E-state index contributed by atoms with van der Waals surface area (Å²) >= 11 is 0. The minimum Gasteiger partial charge on any atom is -0.384 e. The lowest BCUT2D eigenvalue weighted by molar-refractivity contribution is 0.306. The summed E-state index contributed by atoms with van der Waals surface area (Å²) in [5.41, 5.74) is 2.53. The molecule has 1 aromatic rings. The van der Waals surface area contributed by atoms with Crippen molar-refractivity contribution in [3.8, 4) is 0 Å². The molecule has 0 spiro atoms. The molecule has 0 aliphatic carbocycles. The van der Waals surface area contributed by atoms with E-state index in [1.165, 1.54) is 11.3 Å². The van der Waals surface area contributed by atoms with Crippen molar-refractivity contribution >= 4 is 5.69 Å². The maximum atomic E-state index is 3.45. The summed E-state index contributed by atoms with van der Waals surface area (Å²) in [6, 6.07) is 8.52. The Morgan fingerprint density at radius 2 is 2.06 bits per heavy atom. The molecule has 90 valence electrons. The first-order chi connectivity index (χ1) is 7.58. The Morgan fingerprint density at radius 3 is 2.69 bits per heavy atom. The molecule has 0 heterocycles. The largest absolute Gasteiger partial charge is 0.384 e. The zero-order valence-corrected chi connectivity index (χ0v) is 11.0.